The van der Waals surface area contributed by atoms with Crippen LogP contribution in [0.3, 0.4) is 0 Å². The lowest BCUT2D eigenvalue weighted by atomic mass is 10.1. The van der Waals surface area contributed by atoms with Crippen LogP contribution in [0.5, 0.6) is 0 Å². The predicted octanol–water partition coefficient (Wildman–Crippen LogP) is 2.24. The van der Waals surface area contributed by atoms with Crippen molar-refractivity contribution in [2.45, 2.75) is 12.6 Å². The second kappa shape index (κ2) is 6.41. The molecule has 0 unspecified atom stereocenters. The number of carbonyl (C=O) groups is 1. The molecule has 10 heteroatoms. The molecule has 1 N–H and O–H groups in total. The number of carbonyl (C=O) groups excluding carboxylic acids is 1. The summed E-state index contributed by atoms with van der Waals surface area (Å²) in [6.45, 7) is 0.127. The van der Waals surface area contributed by atoms with E-state index in [2.05, 4.69) is 0 Å². The molecule has 1 saturated heterocycles. The fourth-order valence-electron chi connectivity index (χ4n) is 2.43. The van der Waals surface area contributed by atoms with Gasteiger partial charge in [0.05, 0.1) is 22.8 Å². The fraction of sp³-hybridized carbons (Fsp3) is 0.462. The first-order chi connectivity index (χ1) is 10.8. The summed E-state index contributed by atoms with van der Waals surface area (Å²) in [5, 5.41) is 19.6. The number of benzene rings is 1. The van der Waals surface area contributed by atoms with E-state index < -0.39 is 34.1 Å². The van der Waals surface area contributed by atoms with Crippen molar-refractivity contribution in [2.24, 2.45) is 0 Å². The standard InChI is InChI=1S/C13H14F3N3O4/c14-13(15,16)10-8-9(19(22)23)2-3-11(10)18-5-1-4-17(6-7-20)12(18)21/h2-3,8,20H,1,4-7H2. The number of hydrogen-bond acceptors (Lipinski definition) is 4. The monoisotopic (exact) mass is 333 g/mol. The topological polar surface area (TPSA) is 86.9 Å². The Kier molecular flexibility index (Phi) is 4.73. The van der Waals surface area contributed by atoms with Gasteiger partial charge < -0.3 is 10.0 Å². The van der Waals surface area contributed by atoms with E-state index in [9.17, 15) is 28.1 Å². The number of urea groups is 1. The molecule has 0 atom stereocenters. The van der Waals surface area contributed by atoms with Crippen LogP contribution >= 0.6 is 0 Å². The van der Waals surface area contributed by atoms with Crippen molar-refractivity contribution in [1.82, 2.24) is 4.90 Å². The van der Waals surface area contributed by atoms with Gasteiger partial charge in [0, 0.05) is 31.8 Å². The molecule has 0 aromatic heterocycles. The summed E-state index contributed by atoms with van der Waals surface area (Å²) in [7, 11) is 0. The minimum atomic E-state index is -4.83. The summed E-state index contributed by atoms with van der Waals surface area (Å²) < 4.78 is 39.6. The molecular formula is C13H14F3N3O4. The highest BCUT2D eigenvalue weighted by molar-refractivity contribution is 5.93. The lowest BCUT2D eigenvalue weighted by molar-refractivity contribution is -0.385. The largest absolute Gasteiger partial charge is 0.418 e. The Labute approximate surface area is 129 Å². The number of amides is 2. The van der Waals surface area contributed by atoms with Crippen LogP contribution in [-0.4, -0.2) is 47.2 Å². The van der Waals surface area contributed by atoms with E-state index in [1.807, 2.05) is 0 Å². The quantitative estimate of drug-likeness (QED) is 0.676. The molecule has 1 aliphatic heterocycles. The lowest BCUT2D eigenvalue weighted by Gasteiger charge is -2.36. The van der Waals surface area contributed by atoms with Gasteiger partial charge in [-0.1, -0.05) is 0 Å². The first-order valence-corrected chi connectivity index (χ1v) is 6.78. The average Bonchev–Trinajstić information content (AvgIpc) is 2.48. The van der Waals surface area contributed by atoms with Crippen molar-refractivity contribution in [3.05, 3.63) is 33.9 Å². The maximum atomic E-state index is 13.2. The van der Waals surface area contributed by atoms with Crippen LogP contribution in [0, 0.1) is 10.1 Å². The number of aliphatic hydroxyl groups is 1. The summed E-state index contributed by atoms with van der Waals surface area (Å²) >= 11 is 0. The van der Waals surface area contributed by atoms with Gasteiger partial charge in [0.1, 0.15) is 0 Å². The van der Waals surface area contributed by atoms with Crippen molar-refractivity contribution >= 4 is 17.4 Å². The zero-order chi connectivity index (χ0) is 17.2. The van der Waals surface area contributed by atoms with Gasteiger partial charge in [-0.05, 0) is 12.5 Å². The fourth-order valence-corrected chi connectivity index (χ4v) is 2.43. The summed E-state index contributed by atoms with van der Waals surface area (Å²) in [5.41, 5.74) is -2.35. The Balaban J connectivity index is 2.45. The first kappa shape index (κ1) is 17.0. The van der Waals surface area contributed by atoms with Crippen LogP contribution in [0.2, 0.25) is 0 Å². The number of nitro benzene ring substituents is 1. The highest BCUT2D eigenvalue weighted by atomic mass is 19.4. The number of rotatable bonds is 4. The third kappa shape index (κ3) is 3.52. The third-order valence-corrected chi connectivity index (χ3v) is 3.47. The normalized spacial score (nSPS) is 15.9. The van der Waals surface area contributed by atoms with Crippen molar-refractivity contribution in [3.8, 4) is 0 Å². The molecule has 1 aliphatic rings. The Bertz CT molecular complexity index is 619. The Morgan fingerprint density at radius 1 is 1.30 bits per heavy atom. The minimum absolute atomic E-state index is 0.0175. The van der Waals surface area contributed by atoms with Gasteiger partial charge in [-0.2, -0.15) is 13.2 Å². The Morgan fingerprint density at radius 3 is 2.57 bits per heavy atom. The second-order valence-corrected chi connectivity index (χ2v) is 4.95. The smallest absolute Gasteiger partial charge is 0.395 e. The summed E-state index contributed by atoms with van der Waals surface area (Å²) in [6.07, 6.45) is -4.40. The SMILES string of the molecule is O=C1N(CCO)CCCN1c1ccc([N+](=O)[O-])cc1C(F)(F)F. The Morgan fingerprint density at radius 2 is 2.00 bits per heavy atom. The predicted molar refractivity (Wildman–Crippen MR) is 74.1 cm³/mol. The molecule has 1 heterocycles. The summed E-state index contributed by atoms with van der Waals surface area (Å²) in [4.78, 5) is 24.2. The number of nitro groups is 1. The van der Waals surface area contributed by atoms with Crippen LogP contribution in [-0.2, 0) is 6.18 Å². The minimum Gasteiger partial charge on any atom is -0.395 e. The van der Waals surface area contributed by atoms with Crippen LogP contribution in [0.25, 0.3) is 0 Å². The van der Waals surface area contributed by atoms with E-state index in [-0.39, 0.29) is 19.7 Å². The molecule has 7 nitrogen and oxygen atoms in total. The number of halogens is 3. The molecular weight excluding hydrogens is 319 g/mol. The number of nitrogens with zero attached hydrogens (tertiary/aromatic N) is 3. The summed E-state index contributed by atoms with van der Waals surface area (Å²) in [5.74, 6) is 0. The molecule has 0 spiro atoms. The zero-order valence-corrected chi connectivity index (χ0v) is 11.9. The van der Waals surface area contributed by atoms with Gasteiger partial charge in [0.15, 0.2) is 0 Å². The molecule has 2 amide bonds. The zero-order valence-electron chi connectivity index (χ0n) is 11.9. The molecule has 1 fully saturated rings. The van der Waals surface area contributed by atoms with Crippen molar-refractivity contribution in [1.29, 1.82) is 0 Å². The second-order valence-electron chi connectivity index (χ2n) is 4.95. The van der Waals surface area contributed by atoms with Gasteiger partial charge in [-0.25, -0.2) is 4.79 Å². The number of hydrogen-bond donors (Lipinski definition) is 1. The highest BCUT2D eigenvalue weighted by Gasteiger charge is 2.39. The first-order valence-electron chi connectivity index (χ1n) is 6.78. The van der Waals surface area contributed by atoms with E-state index in [0.29, 0.717) is 19.0 Å². The lowest BCUT2D eigenvalue weighted by Crippen LogP contribution is -2.50. The van der Waals surface area contributed by atoms with E-state index in [0.717, 1.165) is 17.0 Å². The van der Waals surface area contributed by atoms with Gasteiger partial charge in [-0.15, -0.1) is 0 Å². The van der Waals surface area contributed by atoms with Gasteiger partial charge in [0.2, 0.25) is 0 Å². The highest BCUT2D eigenvalue weighted by Crippen LogP contribution is 2.39. The number of non-ortho nitro benzene ring substituents is 1. The van der Waals surface area contributed by atoms with Crippen molar-refractivity contribution in [2.75, 3.05) is 31.1 Å². The molecule has 1 aromatic rings. The molecule has 2 rings (SSSR count). The summed E-state index contributed by atoms with van der Waals surface area (Å²) in [6, 6.07) is 1.63. The van der Waals surface area contributed by atoms with E-state index in [4.69, 9.17) is 5.11 Å². The van der Waals surface area contributed by atoms with Crippen LogP contribution in [0.4, 0.5) is 29.3 Å². The molecule has 126 valence electrons. The maximum Gasteiger partial charge on any atom is 0.418 e. The molecule has 23 heavy (non-hydrogen) atoms. The number of β-amino-alcohol motifs (C(OH)–C–C–N with tert-alkyl or cyclic N) is 1. The van der Waals surface area contributed by atoms with Crippen molar-refractivity contribution < 1.29 is 28.0 Å². The molecule has 1 aromatic carbocycles. The van der Waals surface area contributed by atoms with Crippen LogP contribution < -0.4 is 4.90 Å². The maximum absolute atomic E-state index is 13.2. The van der Waals surface area contributed by atoms with Gasteiger partial charge in [0.25, 0.3) is 5.69 Å². The van der Waals surface area contributed by atoms with E-state index >= 15 is 0 Å². The number of anilines is 1. The van der Waals surface area contributed by atoms with Gasteiger partial charge in [-0.3, -0.25) is 15.0 Å². The van der Waals surface area contributed by atoms with Crippen LogP contribution in [0.1, 0.15) is 12.0 Å². The molecule has 0 radical (unpaired) electrons. The Hall–Kier alpha value is -2.36. The van der Waals surface area contributed by atoms with Crippen molar-refractivity contribution in [3.63, 3.8) is 0 Å². The van der Waals surface area contributed by atoms with Gasteiger partial charge >= 0.3 is 12.2 Å². The number of aliphatic hydroxyl groups excluding tert-OH is 1. The third-order valence-electron chi connectivity index (χ3n) is 3.47. The van der Waals surface area contributed by atoms with E-state index in [1.165, 1.54) is 4.90 Å². The average molecular weight is 333 g/mol. The molecule has 0 bridgehead atoms. The van der Waals surface area contributed by atoms with Crippen LogP contribution in [0.15, 0.2) is 18.2 Å². The molecule has 0 aliphatic carbocycles. The molecule has 0 saturated carbocycles. The van der Waals surface area contributed by atoms with E-state index in [1.54, 1.807) is 0 Å². The number of alkyl halides is 3.